The maximum absolute atomic E-state index is 5.26. The summed E-state index contributed by atoms with van der Waals surface area (Å²) in [5.74, 6) is 0. The fourth-order valence-corrected chi connectivity index (χ4v) is 1.92. The van der Waals surface area contributed by atoms with Gasteiger partial charge in [0, 0.05) is 12.2 Å². The molecule has 0 amide bonds. The number of thiocarbonyl (C=S) groups is 1. The number of hydrogen-bond donors (Lipinski definition) is 2. The minimum atomic E-state index is 0.569. The lowest BCUT2D eigenvalue weighted by Crippen LogP contribution is -2.19. The first-order valence-corrected chi connectivity index (χ1v) is 6.27. The molecule has 94 valence electrons. The molecule has 0 saturated heterocycles. The molecule has 1 aromatic heterocycles. The van der Waals surface area contributed by atoms with E-state index in [2.05, 4.69) is 22.7 Å². The Bertz CT molecular complexity index is 533. The summed E-state index contributed by atoms with van der Waals surface area (Å²) in [6.07, 6.45) is 1.79. The summed E-state index contributed by atoms with van der Waals surface area (Å²) in [5, 5.41) is 11.1. The van der Waals surface area contributed by atoms with Crippen molar-refractivity contribution in [2.45, 2.75) is 20.4 Å². The minimum Gasteiger partial charge on any atom is -0.332 e. The van der Waals surface area contributed by atoms with Crippen LogP contribution >= 0.6 is 12.2 Å². The molecule has 0 unspecified atom stereocenters. The molecular formula is C13H16N4S. The summed E-state index contributed by atoms with van der Waals surface area (Å²) in [4.78, 5) is 0. The Morgan fingerprint density at radius 1 is 1.28 bits per heavy atom. The molecule has 5 heteroatoms. The van der Waals surface area contributed by atoms with Crippen LogP contribution in [0.5, 0.6) is 0 Å². The highest BCUT2D eigenvalue weighted by Gasteiger charge is 2.06. The highest BCUT2D eigenvalue weighted by molar-refractivity contribution is 7.80. The molecule has 2 N–H and O–H groups in total. The van der Waals surface area contributed by atoms with E-state index in [1.807, 2.05) is 41.9 Å². The van der Waals surface area contributed by atoms with Crippen molar-refractivity contribution in [2.24, 2.45) is 0 Å². The maximum atomic E-state index is 5.26. The van der Waals surface area contributed by atoms with Crippen molar-refractivity contribution in [2.75, 3.05) is 10.6 Å². The van der Waals surface area contributed by atoms with Gasteiger partial charge in [0.15, 0.2) is 5.11 Å². The number of nitrogens with zero attached hydrogens (tertiary/aromatic N) is 2. The molecule has 2 rings (SSSR count). The summed E-state index contributed by atoms with van der Waals surface area (Å²) >= 11 is 5.26. The van der Waals surface area contributed by atoms with Crippen molar-refractivity contribution in [3.05, 3.63) is 42.2 Å². The van der Waals surface area contributed by atoms with Crippen LogP contribution in [-0.4, -0.2) is 14.9 Å². The third-order valence-corrected chi connectivity index (χ3v) is 2.89. The van der Waals surface area contributed by atoms with Crippen molar-refractivity contribution in [1.82, 2.24) is 9.78 Å². The normalized spacial score (nSPS) is 10.1. The van der Waals surface area contributed by atoms with Crippen molar-refractivity contribution >= 4 is 28.7 Å². The minimum absolute atomic E-state index is 0.569. The zero-order chi connectivity index (χ0) is 13.0. The fourth-order valence-electron chi connectivity index (χ4n) is 1.69. The van der Waals surface area contributed by atoms with E-state index in [1.54, 1.807) is 6.20 Å². The fraction of sp³-hybridized carbons (Fsp3) is 0.231. The number of rotatable bonds is 3. The van der Waals surface area contributed by atoms with Crippen molar-refractivity contribution in [3.63, 3.8) is 0 Å². The van der Waals surface area contributed by atoms with Crippen LogP contribution in [0, 0.1) is 6.92 Å². The quantitative estimate of drug-likeness (QED) is 0.832. The number of aryl methyl sites for hydroxylation is 1. The first kappa shape index (κ1) is 12.6. The van der Waals surface area contributed by atoms with Crippen molar-refractivity contribution < 1.29 is 0 Å². The molecular weight excluding hydrogens is 244 g/mol. The molecule has 0 aliphatic heterocycles. The third-order valence-electron chi connectivity index (χ3n) is 2.68. The highest BCUT2D eigenvalue weighted by atomic mass is 32.1. The molecule has 0 aliphatic rings. The largest absolute Gasteiger partial charge is 0.332 e. The zero-order valence-corrected chi connectivity index (χ0v) is 11.3. The molecule has 0 bridgehead atoms. The van der Waals surface area contributed by atoms with E-state index in [0.717, 1.165) is 23.6 Å². The lowest BCUT2D eigenvalue weighted by Gasteiger charge is -2.10. The first-order chi connectivity index (χ1) is 8.70. The Hall–Kier alpha value is -1.88. The van der Waals surface area contributed by atoms with E-state index in [-0.39, 0.29) is 0 Å². The monoisotopic (exact) mass is 260 g/mol. The Kier molecular flexibility index (Phi) is 3.94. The van der Waals surface area contributed by atoms with Crippen LogP contribution in [0.4, 0.5) is 11.4 Å². The smallest absolute Gasteiger partial charge is 0.175 e. The number of hydrogen-bond acceptors (Lipinski definition) is 2. The third kappa shape index (κ3) is 2.87. The number of para-hydroxylation sites is 1. The Labute approximate surface area is 112 Å². The van der Waals surface area contributed by atoms with Crippen LogP contribution in [0.3, 0.4) is 0 Å². The number of aromatic nitrogens is 2. The average Bonchev–Trinajstić information content (AvgIpc) is 2.71. The second-order valence-electron chi connectivity index (χ2n) is 3.90. The standard InChI is InChI=1S/C13H16N4S/c1-3-17-10(2)12(9-14-17)16-13(18)15-11-7-5-4-6-8-11/h4-9H,3H2,1-2H3,(H2,15,16,18). The maximum Gasteiger partial charge on any atom is 0.175 e. The van der Waals surface area contributed by atoms with Gasteiger partial charge >= 0.3 is 0 Å². The molecule has 2 aromatic rings. The lowest BCUT2D eigenvalue weighted by atomic mass is 10.3. The SMILES string of the molecule is CCn1ncc(NC(=S)Nc2ccccc2)c1C. The van der Waals surface area contributed by atoms with E-state index in [0.29, 0.717) is 5.11 Å². The van der Waals surface area contributed by atoms with Gasteiger partial charge < -0.3 is 10.6 Å². The first-order valence-electron chi connectivity index (χ1n) is 5.86. The van der Waals surface area contributed by atoms with E-state index >= 15 is 0 Å². The van der Waals surface area contributed by atoms with E-state index < -0.39 is 0 Å². The number of benzene rings is 1. The van der Waals surface area contributed by atoms with Gasteiger partial charge in [-0.15, -0.1) is 0 Å². The molecule has 0 saturated carbocycles. The second-order valence-corrected chi connectivity index (χ2v) is 4.31. The van der Waals surface area contributed by atoms with E-state index in [9.17, 15) is 0 Å². The molecule has 0 aliphatic carbocycles. The summed E-state index contributed by atoms with van der Waals surface area (Å²) in [5.41, 5.74) is 2.98. The molecule has 0 radical (unpaired) electrons. The van der Waals surface area contributed by atoms with Crippen LogP contribution < -0.4 is 10.6 Å². The average molecular weight is 260 g/mol. The van der Waals surface area contributed by atoms with Crippen LogP contribution in [-0.2, 0) is 6.54 Å². The second kappa shape index (κ2) is 5.64. The summed E-state index contributed by atoms with van der Waals surface area (Å²) < 4.78 is 1.92. The Balaban J connectivity index is 2.01. The van der Waals surface area contributed by atoms with Gasteiger partial charge in [0.1, 0.15) is 0 Å². The topological polar surface area (TPSA) is 41.9 Å². The van der Waals surface area contributed by atoms with Crippen LogP contribution in [0.2, 0.25) is 0 Å². The summed E-state index contributed by atoms with van der Waals surface area (Å²) in [6, 6.07) is 9.83. The van der Waals surface area contributed by atoms with Crippen LogP contribution in [0.1, 0.15) is 12.6 Å². The van der Waals surface area contributed by atoms with E-state index in [4.69, 9.17) is 12.2 Å². The molecule has 0 atom stereocenters. The van der Waals surface area contributed by atoms with E-state index in [1.165, 1.54) is 0 Å². The predicted molar refractivity (Wildman–Crippen MR) is 78.9 cm³/mol. The van der Waals surface area contributed by atoms with Gasteiger partial charge in [0.05, 0.1) is 17.6 Å². The molecule has 1 aromatic carbocycles. The van der Waals surface area contributed by atoms with Gasteiger partial charge in [-0.05, 0) is 38.2 Å². The van der Waals surface area contributed by atoms with Crippen LogP contribution in [0.25, 0.3) is 0 Å². The Morgan fingerprint density at radius 2 is 2.00 bits per heavy atom. The van der Waals surface area contributed by atoms with Crippen LogP contribution in [0.15, 0.2) is 36.5 Å². The van der Waals surface area contributed by atoms with Gasteiger partial charge in [0.25, 0.3) is 0 Å². The zero-order valence-electron chi connectivity index (χ0n) is 10.5. The number of nitrogens with one attached hydrogen (secondary N) is 2. The summed E-state index contributed by atoms with van der Waals surface area (Å²) in [7, 11) is 0. The number of anilines is 2. The Morgan fingerprint density at radius 3 is 2.61 bits per heavy atom. The molecule has 1 heterocycles. The van der Waals surface area contributed by atoms with Gasteiger partial charge in [-0.2, -0.15) is 5.10 Å². The molecule has 4 nitrogen and oxygen atoms in total. The molecule has 0 spiro atoms. The van der Waals surface area contributed by atoms with Crippen molar-refractivity contribution in [1.29, 1.82) is 0 Å². The highest BCUT2D eigenvalue weighted by Crippen LogP contribution is 2.14. The predicted octanol–water partition coefficient (Wildman–Crippen LogP) is 3.02. The van der Waals surface area contributed by atoms with Gasteiger partial charge in [-0.3, -0.25) is 4.68 Å². The molecule has 18 heavy (non-hydrogen) atoms. The van der Waals surface area contributed by atoms with Gasteiger partial charge in [0.2, 0.25) is 0 Å². The van der Waals surface area contributed by atoms with Gasteiger partial charge in [-0.25, -0.2) is 0 Å². The lowest BCUT2D eigenvalue weighted by molar-refractivity contribution is 0.640. The van der Waals surface area contributed by atoms with Crippen molar-refractivity contribution in [3.8, 4) is 0 Å². The van der Waals surface area contributed by atoms with Gasteiger partial charge in [-0.1, -0.05) is 18.2 Å². The molecule has 0 fully saturated rings. The summed E-state index contributed by atoms with van der Waals surface area (Å²) in [6.45, 7) is 4.93.